The van der Waals surface area contributed by atoms with Gasteiger partial charge in [-0.15, -0.1) is 0 Å². The quantitative estimate of drug-likeness (QED) is 0.431. The number of pyridine rings is 1. The molecular formula is C21H17ClN2. The summed E-state index contributed by atoms with van der Waals surface area (Å²) in [6, 6.07) is 14.7. The highest BCUT2D eigenvalue weighted by molar-refractivity contribution is 6.36. The summed E-state index contributed by atoms with van der Waals surface area (Å²) in [4.78, 5) is 8.64. The lowest BCUT2D eigenvalue weighted by Crippen LogP contribution is -1.95. The zero-order chi connectivity index (χ0) is 16.3. The van der Waals surface area contributed by atoms with E-state index in [2.05, 4.69) is 36.2 Å². The monoisotopic (exact) mass is 332 g/mol. The Morgan fingerprint density at radius 2 is 1.75 bits per heavy atom. The Balaban J connectivity index is 1.91. The molecule has 0 unspecified atom stereocenters. The summed E-state index contributed by atoms with van der Waals surface area (Å²) in [7, 11) is 0. The number of para-hydroxylation sites is 2. The van der Waals surface area contributed by atoms with Gasteiger partial charge in [0.25, 0.3) is 0 Å². The first kappa shape index (κ1) is 14.1. The molecule has 118 valence electrons. The average Bonchev–Trinajstić information content (AvgIpc) is 2.87. The largest absolute Gasteiger partial charge is 0.353 e. The van der Waals surface area contributed by atoms with Crippen LogP contribution in [0.4, 0.5) is 0 Å². The number of nitrogens with one attached hydrogen (secondary N) is 1. The van der Waals surface area contributed by atoms with Crippen molar-refractivity contribution in [2.45, 2.75) is 26.2 Å². The molecule has 2 aromatic carbocycles. The Morgan fingerprint density at radius 1 is 0.958 bits per heavy atom. The van der Waals surface area contributed by atoms with Crippen molar-refractivity contribution in [3.8, 4) is 11.4 Å². The van der Waals surface area contributed by atoms with Crippen LogP contribution in [0.2, 0.25) is 5.02 Å². The molecule has 2 nitrogen and oxygen atoms in total. The number of aromatic amines is 1. The van der Waals surface area contributed by atoms with Crippen LogP contribution in [0.15, 0.2) is 42.5 Å². The number of halogens is 1. The molecule has 0 aliphatic heterocycles. The summed E-state index contributed by atoms with van der Waals surface area (Å²) in [6.07, 6.45) is 3.13. The third kappa shape index (κ3) is 1.87. The van der Waals surface area contributed by atoms with Crippen molar-refractivity contribution in [3.63, 3.8) is 0 Å². The van der Waals surface area contributed by atoms with Gasteiger partial charge in [-0.1, -0.05) is 48.0 Å². The number of aromatic nitrogens is 2. The predicted molar refractivity (Wildman–Crippen MR) is 101 cm³/mol. The lowest BCUT2D eigenvalue weighted by molar-refractivity contribution is 0.839. The van der Waals surface area contributed by atoms with Crippen LogP contribution in [-0.2, 0) is 12.8 Å². The Kier molecular flexibility index (Phi) is 2.98. The van der Waals surface area contributed by atoms with E-state index in [1.807, 2.05) is 18.2 Å². The molecule has 5 rings (SSSR count). The van der Waals surface area contributed by atoms with Gasteiger partial charge in [0.05, 0.1) is 21.9 Å². The maximum absolute atomic E-state index is 6.77. The fourth-order valence-electron chi connectivity index (χ4n) is 3.97. The van der Waals surface area contributed by atoms with Crippen LogP contribution < -0.4 is 0 Å². The molecule has 4 aromatic rings. The predicted octanol–water partition coefficient (Wildman–Crippen LogP) is 5.83. The highest BCUT2D eigenvalue weighted by Gasteiger charge is 2.23. The maximum atomic E-state index is 6.77. The van der Waals surface area contributed by atoms with Gasteiger partial charge in [0.15, 0.2) is 0 Å². The standard InChI is InChI=1S/C21H17ClN2/c1-12-6-4-8-13-14-9-5-10-16-18(22)15-7-2-3-11-17(15)23-21(16)20(14)24-19(12)13/h2-4,6-8,11,24H,5,9-10H2,1H3. The number of aryl methyl sites for hydroxylation is 2. The van der Waals surface area contributed by atoms with Crippen LogP contribution in [0, 0.1) is 6.92 Å². The first-order valence-electron chi connectivity index (χ1n) is 8.41. The molecule has 0 bridgehead atoms. The highest BCUT2D eigenvalue weighted by atomic mass is 35.5. The number of hydrogen-bond donors (Lipinski definition) is 1. The topological polar surface area (TPSA) is 28.7 Å². The maximum Gasteiger partial charge on any atom is 0.0922 e. The minimum absolute atomic E-state index is 0.860. The van der Waals surface area contributed by atoms with Crippen molar-refractivity contribution in [2.75, 3.05) is 0 Å². The SMILES string of the molecule is Cc1cccc2c3c([nH]c12)-c1nc2ccccc2c(Cl)c1CCC3. The second-order valence-corrected chi connectivity index (χ2v) is 6.98. The molecule has 0 spiro atoms. The number of nitrogens with zero attached hydrogens (tertiary/aromatic N) is 1. The Morgan fingerprint density at radius 3 is 2.67 bits per heavy atom. The molecule has 0 saturated heterocycles. The van der Waals surface area contributed by atoms with Gasteiger partial charge in [-0.3, -0.25) is 0 Å². The number of rotatable bonds is 0. The van der Waals surface area contributed by atoms with E-state index < -0.39 is 0 Å². The van der Waals surface area contributed by atoms with Crippen molar-refractivity contribution in [1.29, 1.82) is 0 Å². The molecule has 0 saturated carbocycles. The Bertz CT molecular complexity index is 1110. The van der Waals surface area contributed by atoms with Gasteiger partial charge in [0, 0.05) is 16.3 Å². The van der Waals surface area contributed by atoms with E-state index in [9.17, 15) is 0 Å². The minimum atomic E-state index is 0.860. The molecule has 3 heteroatoms. The smallest absolute Gasteiger partial charge is 0.0922 e. The second kappa shape index (κ2) is 5.09. The second-order valence-electron chi connectivity index (χ2n) is 6.60. The number of benzene rings is 2. The molecular weight excluding hydrogens is 316 g/mol. The van der Waals surface area contributed by atoms with E-state index in [0.29, 0.717) is 0 Å². The molecule has 24 heavy (non-hydrogen) atoms. The van der Waals surface area contributed by atoms with E-state index >= 15 is 0 Å². The highest BCUT2D eigenvalue weighted by Crippen LogP contribution is 2.40. The number of H-pyrrole nitrogens is 1. The van der Waals surface area contributed by atoms with Crippen LogP contribution in [0.5, 0.6) is 0 Å². The van der Waals surface area contributed by atoms with Gasteiger partial charge >= 0.3 is 0 Å². The van der Waals surface area contributed by atoms with Crippen LogP contribution in [0.25, 0.3) is 33.2 Å². The zero-order valence-electron chi connectivity index (χ0n) is 13.5. The van der Waals surface area contributed by atoms with Crippen molar-refractivity contribution < 1.29 is 0 Å². The van der Waals surface area contributed by atoms with Crippen molar-refractivity contribution in [1.82, 2.24) is 9.97 Å². The Labute approximate surface area is 145 Å². The summed E-state index contributed by atoms with van der Waals surface area (Å²) in [5, 5.41) is 3.23. The summed E-state index contributed by atoms with van der Waals surface area (Å²) in [5.41, 5.74) is 8.20. The molecule has 1 N–H and O–H groups in total. The van der Waals surface area contributed by atoms with Crippen molar-refractivity contribution in [2.24, 2.45) is 0 Å². The average molecular weight is 333 g/mol. The molecule has 0 radical (unpaired) electrons. The molecule has 2 aromatic heterocycles. The fraction of sp³-hybridized carbons (Fsp3) is 0.190. The number of fused-ring (bicyclic) bond motifs is 6. The molecule has 2 heterocycles. The normalized spacial score (nSPS) is 13.8. The van der Waals surface area contributed by atoms with Gasteiger partial charge in [0.1, 0.15) is 0 Å². The first-order chi connectivity index (χ1) is 11.7. The first-order valence-corrected chi connectivity index (χ1v) is 8.79. The molecule has 0 atom stereocenters. The number of hydrogen-bond acceptors (Lipinski definition) is 1. The van der Waals surface area contributed by atoms with Crippen molar-refractivity contribution in [3.05, 3.63) is 64.2 Å². The molecule has 1 aliphatic rings. The van der Waals surface area contributed by atoms with Gasteiger partial charge in [-0.2, -0.15) is 0 Å². The van der Waals surface area contributed by atoms with Crippen LogP contribution in [-0.4, -0.2) is 9.97 Å². The third-order valence-corrected chi connectivity index (χ3v) is 5.60. The summed E-state index contributed by atoms with van der Waals surface area (Å²) >= 11 is 6.77. The van der Waals surface area contributed by atoms with Crippen molar-refractivity contribution >= 4 is 33.4 Å². The minimum Gasteiger partial charge on any atom is -0.353 e. The van der Waals surface area contributed by atoms with E-state index in [1.54, 1.807) is 0 Å². The molecule has 0 fully saturated rings. The zero-order valence-corrected chi connectivity index (χ0v) is 14.2. The summed E-state index contributed by atoms with van der Waals surface area (Å²) in [5.74, 6) is 0. The van der Waals surface area contributed by atoms with Crippen LogP contribution in [0.3, 0.4) is 0 Å². The Hall–Kier alpha value is -2.32. The van der Waals surface area contributed by atoms with Gasteiger partial charge in [0.2, 0.25) is 0 Å². The summed E-state index contributed by atoms with van der Waals surface area (Å²) in [6.45, 7) is 2.15. The van der Waals surface area contributed by atoms with Gasteiger partial charge in [-0.25, -0.2) is 4.98 Å². The molecule has 0 amide bonds. The van der Waals surface area contributed by atoms with Gasteiger partial charge < -0.3 is 4.98 Å². The van der Waals surface area contributed by atoms with Gasteiger partial charge in [-0.05, 0) is 48.9 Å². The lowest BCUT2D eigenvalue weighted by atomic mass is 10.0. The fourth-order valence-corrected chi connectivity index (χ4v) is 4.31. The van der Waals surface area contributed by atoms with Crippen LogP contribution in [0.1, 0.15) is 23.1 Å². The van der Waals surface area contributed by atoms with Crippen LogP contribution >= 0.6 is 11.6 Å². The van der Waals surface area contributed by atoms with E-state index in [0.717, 1.165) is 46.6 Å². The third-order valence-electron chi connectivity index (χ3n) is 5.16. The lowest BCUT2D eigenvalue weighted by Gasteiger charge is -2.11. The summed E-state index contributed by atoms with van der Waals surface area (Å²) < 4.78 is 0. The van der Waals surface area contributed by atoms with E-state index in [1.165, 1.54) is 27.6 Å². The van der Waals surface area contributed by atoms with E-state index in [4.69, 9.17) is 16.6 Å². The molecule has 1 aliphatic carbocycles. The van der Waals surface area contributed by atoms with E-state index in [-0.39, 0.29) is 0 Å².